The standard InChI is InChI=1S/C25H34N4O3/c1-19(30)20-7-8-22-17-23(10-9-21(22)16-20)27(2)18-25(32)29(13-4-11-26)15-5-14-28-12-3-6-24(28)31/h7-10,16-17H,3-6,11-15,18,26H2,1-2H3. The van der Waals surface area contributed by atoms with Crippen LogP contribution in [0, 0.1) is 0 Å². The Bertz CT molecular complexity index is 975. The second-order valence-corrected chi connectivity index (χ2v) is 8.52. The largest absolute Gasteiger partial charge is 0.365 e. The molecule has 32 heavy (non-hydrogen) atoms. The first-order valence-corrected chi connectivity index (χ1v) is 11.4. The second kappa shape index (κ2) is 11.1. The monoisotopic (exact) mass is 438 g/mol. The van der Waals surface area contributed by atoms with E-state index in [-0.39, 0.29) is 24.1 Å². The van der Waals surface area contributed by atoms with Gasteiger partial charge in [-0.1, -0.05) is 18.2 Å². The van der Waals surface area contributed by atoms with Gasteiger partial charge in [-0.05, 0) is 61.7 Å². The van der Waals surface area contributed by atoms with E-state index in [1.165, 1.54) is 0 Å². The first kappa shape index (κ1) is 23.7. The molecule has 2 N–H and O–H groups in total. The zero-order valence-electron chi connectivity index (χ0n) is 19.2. The number of likely N-dealkylation sites (N-methyl/N-ethyl adjacent to an activating group) is 1. The van der Waals surface area contributed by atoms with Gasteiger partial charge in [0.1, 0.15) is 0 Å². The Kier molecular flexibility index (Phi) is 8.22. The smallest absolute Gasteiger partial charge is 0.242 e. The van der Waals surface area contributed by atoms with Gasteiger partial charge < -0.3 is 20.4 Å². The van der Waals surface area contributed by atoms with Crippen molar-refractivity contribution in [1.29, 1.82) is 0 Å². The van der Waals surface area contributed by atoms with E-state index in [2.05, 4.69) is 0 Å². The summed E-state index contributed by atoms with van der Waals surface area (Å²) in [4.78, 5) is 42.2. The Hall–Kier alpha value is -2.93. The summed E-state index contributed by atoms with van der Waals surface area (Å²) in [5.74, 6) is 0.322. The topological polar surface area (TPSA) is 86.9 Å². The first-order valence-electron chi connectivity index (χ1n) is 11.4. The number of nitrogens with zero attached hydrogens (tertiary/aromatic N) is 3. The summed E-state index contributed by atoms with van der Waals surface area (Å²) in [5, 5.41) is 2.03. The van der Waals surface area contributed by atoms with E-state index in [1.807, 2.05) is 58.1 Å². The third-order valence-corrected chi connectivity index (χ3v) is 6.06. The van der Waals surface area contributed by atoms with Crippen molar-refractivity contribution in [3.8, 4) is 0 Å². The van der Waals surface area contributed by atoms with Crippen LogP contribution < -0.4 is 10.6 Å². The van der Waals surface area contributed by atoms with Crippen LogP contribution in [0.2, 0.25) is 0 Å². The summed E-state index contributed by atoms with van der Waals surface area (Å²) < 4.78 is 0. The van der Waals surface area contributed by atoms with E-state index in [0.29, 0.717) is 38.2 Å². The molecule has 1 heterocycles. The van der Waals surface area contributed by atoms with E-state index in [1.54, 1.807) is 6.92 Å². The van der Waals surface area contributed by atoms with Gasteiger partial charge in [-0.3, -0.25) is 14.4 Å². The third kappa shape index (κ3) is 6.07. The Morgan fingerprint density at radius 1 is 1.06 bits per heavy atom. The van der Waals surface area contributed by atoms with E-state index < -0.39 is 0 Å². The quantitative estimate of drug-likeness (QED) is 0.545. The highest BCUT2D eigenvalue weighted by molar-refractivity contribution is 5.99. The number of rotatable bonds is 11. The molecule has 0 bridgehead atoms. The number of benzene rings is 2. The molecular formula is C25H34N4O3. The Labute approximate surface area is 190 Å². The van der Waals surface area contributed by atoms with Crippen molar-refractivity contribution in [1.82, 2.24) is 9.80 Å². The average molecular weight is 439 g/mol. The number of carbonyl (C=O) groups is 3. The summed E-state index contributed by atoms with van der Waals surface area (Å²) >= 11 is 0. The minimum Gasteiger partial charge on any atom is -0.365 e. The van der Waals surface area contributed by atoms with Gasteiger partial charge in [-0.25, -0.2) is 0 Å². The molecule has 2 aromatic rings. The molecule has 0 unspecified atom stereocenters. The highest BCUT2D eigenvalue weighted by atomic mass is 16.2. The number of hydrogen-bond acceptors (Lipinski definition) is 5. The van der Waals surface area contributed by atoms with Crippen molar-refractivity contribution < 1.29 is 14.4 Å². The van der Waals surface area contributed by atoms with Crippen molar-refractivity contribution in [2.75, 3.05) is 51.2 Å². The number of ketones is 1. The average Bonchev–Trinajstić information content (AvgIpc) is 3.19. The van der Waals surface area contributed by atoms with Crippen LogP contribution >= 0.6 is 0 Å². The van der Waals surface area contributed by atoms with Gasteiger partial charge in [0.2, 0.25) is 11.8 Å². The molecule has 2 amide bonds. The predicted molar refractivity (Wildman–Crippen MR) is 128 cm³/mol. The van der Waals surface area contributed by atoms with Gasteiger partial charge in [0, 0.05) is 50.9 Å². The Morgan fingerprint density at radius 3 is 2.47 bits per heavy atom. The summed E-state index contributed by atoms with van der Waals surface area (Å²) in [5.41, 5.74) is 7.32. The molecule has 2 aromatic carbocycles. The summed E-state index contributed by atoms with van der Waals surface area (Å²) in [7, 11) is 1.91. The number of anilines is 1. The van der Waals surface area contributed by atoms with Gasteiger partial charge in [-0.2, -0.15) is 0 Å². The molecule has 0 radical (unpaired) electrons. The van der Waals surface area contributed by atoms with E-state index in [0.717, 1.165) is 42.3 Å². The van der Waals surface area contributed by atoms with Crippen LogP contribution in [-0.4, -0.2) is 73.7 Å². The summed E-state index contributed by atoms with van der Waals surface area (Å²) in [6, 6.07) is 11.7. The Balaban J connectivity index is 1.61. The number of likely N-dealkylation sites (tertiary alicyclic amines) is 1. The van der Waals surface area contributed by atoms with Crippen LogP contribution in [0.1, 0.15) is 43.0 Å². The lowest BCUT2D eigenvalue weighted by Gasteiger charge is -2.27. The summed E-state index contributed by atoms with van der Waals surface area (Å²) in [6.45, 7) is 5.16. The van der Waals surface area contributed by atoms with Crippen LogP contribution in [0.5, 0.6) is 0 Å². The number of nitrogens with two attached hydrogens (primary N) is 1. The molecular weight excluding hydrogens is 404 g/mol. The van der Waals surface area contributed by atoms with Crippen LogP contribution in [-0.2, 0) is 9.59 Å². The van der Waals surface area contributed by atoms with Crippen molar-refractivity contribution in [2.24, 2.45) is 5.73 Å². The number of Topliss-reactive ketones (excluding diaryl/α,β-unsaturated/α-hetero) is 1. The molecule has 0 aromatic heterocycles. The Morgan fingerprint density at radius 2 is 1.78 bits per heavy atom. The number of fused-ring (bicyclic) bond motifs is 1. The molecule has 7 nitrogen and oxygen atoms in total. The second-order valence-electron chi connectivity index (χ2n) is 8.52. The lowest BCUT2D eigenvalue weighted by molar-refractivity contribution is -0.129. The van der Waals surface area contributed by atoms with E-state index in [9.17, 15) is 14.4 Å². The third-order valence-electron chi connectivity index (χ3n) is 6.06. The van der Waals surface area contributed by atoms with Crippen LogP contribution in [0.15, 0.2) is 36.4 Å². The maximum Gasteiger partial charge on any atom is 0.242 e. The molecule has 3 rings (SSSR count). The van der Waals surface area contributed by atoms with Crippen LogP contribution in [0.25, 0.3) is 10.8 Å². The van der Waals surface area contributed by atoms with E-state index >= 15 is 0 Å². The normalized spacial score (nSPS) is 13.6. The lowest BCUT2D eigenvalue weighted by Crippen LogP contribution is -2.41. The zero-order valence-corrected chi connectivity index (χ0v) is 19.2. The highest BCUT2D eigenvalue weighted by Crippen LogP contribution is 2.23. The fourth-order valence-electron chi connectivity index (χ4n) is 4.12. The molecule has 1 saturated heterocycles. The van der Waals surface area contributed by atoms with Gasteiger partial charge in [-0.15, -0.1) is 0 Å². The molecule has 1 fully saturated rings. The fourth-order valence-corrected chi connectivity index (χ4v) is 4.12. The maximum absolute atomic E-state index is 13.0. The highest BCUT2D eigenvalue weighted by Gasteiger charge is 2.21. The van der Waals surface area contributed by atoms with Crippen LogP contribution in [0.3, 0.4) is 0 Å². The molecule has 7 heteroatoms. The molecule has 1 aliphatic heterocycles. The number of carbonyl (C=O) groups excluding carboxylic acids is 3. The molecule has 0 aliphatic carbocycles. The van der Waals surface area contributed by atoms with Gasteiger partial charge in [0.25, 0.3) is 0 Å². The zero-order chi connectivity index (χ0) is 23.1. The summed E-state index contributed by atoms with van der Waals surface area (Å²) in [6.07, 6.45) is 3.11. The molecule has 0 atom stereocenters. The SMILES string of the molecule is CC(=O)c1ccc2cc(N(C)CC(=O)N(CCCN)CCCN3CCCC3=O)ccc2c1. The van der Waals surface area contributed by atoms with Crippen molar-refractivity contribution in [3.63, 3.8) is 0 Å². The number of amides is 2. The number of hydrogen-bond donors (Lipinski definition) is 1. The van der Waals surface area contributed by atoms with E-state index in [4.69, 9.17) is 5.73 Å². The maximum atomic E-state index is 13.0. The van der Waals surface area contributed by atoms with Crippen LogP contribution in [0.4, 0.5) is 5.69 Å². The van der Waals surface area contributed by atoms with Crippen molar-refractivity contribution >= 4 is 34.1 Å². The predicted octanol–water partition coefficient (Wildman–Crippen LogP) is 2.67. The van der Waals surface area contributed by atoms with Gasteiger partial charge >= 0.3 is 0 Å². The molecule has 0 saturated carbocycles. The first-order chi connectivity index (χ1) is 15.4. The van der Waals surface area contributed by atoms with Crippen molar-refractivity contribution in [3.05, 3.63) is 42.0 Å². The molecule has 1 aliphatic rings. The fraction of sp³-hybridized carbons (Fsp3) is 0.480. The molecule has 172 valence electrons. The van der Waals surface area contributed by atoms with Gasteiger partial charge in [0.15, 0.2) is 5.78 Å². The van der Waals surface area contributed by atoms with Crippen molar-refractivity contribution in [2.45, 2.75) is 32.6 Å². The lowest BCUT2D eigenvalue weighted by atomic mass is 10.0. The minimum absolute atomic E-state index is 0.0466. The minimum atomic E-state index is 0.0466. The van der Waals surface area contributed by atoms with Gasteiger partial charge in [0.05, 0.1) is 6.54 Å². The molecule has 0 spiro atoms.